The minimum atomic E-state index is -0.664. The van der Waals surface area contributed by atoms with Crippen molar-refractivity contribution in [3.05, 3.63) is 46.8 Å². The van der Waals surface area contributed by atoms with E-state index in [1.807, 2.05) is 45.0 Å². The maximum atomic E-state index is 13.3. The molecule has 9 nitrogen and oxygen atoms in total. The highest BCUT2D eigenvalue weighted by Crippen LogP contribution is 2.40. The van der Waals surface area contributed by atoms with Gasteiger partial charge in [-0.25, -0.2) is 4.98 Å². The van der Waals surface area contributed by atoms with E-state index in [0.717, 1.165) is 29.8 Å². The second-order valence-corrected chi connectivity index (χ2v) is 9.36. The number of amides is 1. The molecule has 1 aliphatic carbocycles. The third-order valence-corrected chi connectivity index (χ3v) is 6.10. The molecule has 2 aromatic heterocycles. The molecule has 0 unspecified atom stereocenters. The molecule has 0 bridgehead atoms. The van der Waals surface area contributed by atoms with Gasteiger partial charge in [0.2, 0.25) is 0 Å². The van der Waals surface area contributed by atoms with Crippen LogP contribution in [0.4, 0.5) is 5.69 Å². The van der Waals surface area contributed by atoms with E-state index in [9.17, 15) is 4.79 Å². The molecular formula is C22H24N6O3S. The number of amidine groups is 1. The Morgan fingerprint density at radius 2 is 2.22 bits per heavy atom. The van der Waals surface area contributed by atoms with E-state index in [0.29, 0.717) is 39.9 Å². The summed E-state index contributed by atoms with van der Waals surface area (Å²) in [6.07, 6.45) is 2.15. The molecule has 166 valence electrons. The van der Waals surface area contributed by atoms with Crippen molar-refractivity contribution in [1.82, 2.24) is 15.5 Å². The van der Waals surface area contributed by atoms with E-state index in [1.165, 1.54) is 12.1 Å². The van der Waals surface area contributed by atoms with Crippen LogP contribution in [-0.2, 0) is 0 Å². The molecule has 1 amide bonds. The Hall–Kier alpha value is -3.27. The van der Waals surface area contributed by atoms with Gasteiger partial charge in [0.15, 0.2) is 0 Å². The van der Waals surface area contributed by atoms with Crippen LogP contribution >= 0.6 is 12.1 Å². The number of ether oxygens (including phenoxy) is 1. The molecule has 1 aliphatic heterocycles. The Balaban J connectivity index is 1.36. The zero-order chi connectivity index (χ0) is 22.5. The first-order valence-corrected chi connectivity index (χ1v) is 11.2. The lowest BCUT2D eigenvalue weighted by Crippen LogP contribution is -2.48. The molecule has 32 heavy (non-hydrogen) atoms. The van der Waals surface area contributed by atoms with E-state index in [2.05, 4.69) is 24.6 Å². The zero-order valence-electron chi connectivity index (χ0n) is 18.1. The lowest BCUT2D eigenvalue weighted by molar-refractivity contribution is 0.0882. The Morgan fingerprint density at radius 1 is 1.41 bits per heavy atom. The third kappa shape index (κ3) is 3.86. The standard InChI is InChI=1S/C22H24N6O3S/c1-11-17-13(9-15(12-7-8-12)24-21(17)31-26-11)20(29)25-22(2,3)10-30-16-6-4-5-14-18(16)19(23)28-32-27-14/h4-6,9,12,27H,7-8,10H2,1-3H3,(H2,23,28)(H,25,29). The smallest absolute Gasteiger partial charge is 0.259 e. The number of carbonyl (C=O) groups excluding carboxylic acids is 1. The Bertz CT molecular complexity index is 1250. The molecule has 1 fully saturated rings. The number of aryl methyl sites for hydroxylation is 1. The third-order valence-electron chi connectivity index (χ3n) is 5.50. The van der Waals surface area contributed by atoms with E-state index < -0.39 is 5.54 Å². The maximum Gasteiger partial charge on any atom is 0.259 e. The average molecular weight is 453 g/mol. The molecule has 2 aliphatic rings. The quantitative estimate of drug-likeness (QED) is 0.483. The van der Waals surface area contributed by atoms with Crippen LogP contribution in [0.5, 0.6) is 5.75 Å². The minimum absolute atomic E-state index is 0.214. The monoisotopic (exact) mass is 452 g/mol. The highest BCUT2D eigenvalue weighted by atomic mass is 32.2. The molecule has 3 heterocycles. The molecule has 1 saturated carbocycles. The Kier molecular flexibility index (Phi) is 4.96. The van der Waals surface area contributed by atoms with Gasteiger partial charge in [-0.1, -0.05) is 11.2 Å². The topological polar surface area (TPSA) is 128 Å². The molecule has 5 rings (SSSR count). The Labute approximate surface area is 189 Å². The fourth-order valence-corrected chi connectivity index (χ4v) is 4.22. The first-order valence-electron chi connectivity index (χ1n) is 10.4. The SMILES string of the molecule is Cc1noc2nc(C3CC3)cc(C(=O)NC(C)(C)COc3cccc4c3C(N)=NSN4)c12. The molecule has 3 aromatic rings. The number of nitrogens with two attached hydrogens (primary N) is 1. The number of hydrogen-bond acceptors (Lipinski definition) is 9. The van der Waals surface area contributed by atoms with Gasteiger partial charge in [-0.3, -0.25) is 4.79 Å². The lowest BCUT2D eigenvalue weighted by Gasteiger charge is -2.28. The fourth-order valence-electron chi connectivity index (χ4n) is 3.72. The van der Waals surface area contributed by atoms with Crippen molar-refractivity contribution >= 4 is 40.7 Å². The van der Waals surface area contributed by atoms with E-state index in [1.54, 1.807) is 0 Å². The van der Waals surface area contributed by atoms with Crippen LogP contribution in [0.3, 0.4) is 0 Å². The number of nitrogens with one attached hydrogen (secondary N) is 2. The van der Waals surface area contributed by atoms with Crippen LogP contribution in [-0.4, -0.2) is 34.0 Å². The fraction of sp³-hybridized carbons (Fsp3) is 0.364. The van der Waals surface area contributed by atoms with Crippen LogP contribution in [0, 0.1) is 6.92 Å². The maximum absolute atomic E-state index is 13.3. The van der Waals surface area contributed by atoms with Gasteiger partial charge < -0.3 is 25.0 Å². The molecule has 4 N–H and O–H groups in total. The highest BCUT2D eigenvalue weighted by molar-refractivity contribution is 7.99. The summed E-state index contributed by atoms with van der Waals surface area (Å²) in [6.45, 7) is 5.87. The predicted octanol–water partition coefficient (Wildman–Crippen LogP) is 3.69. The van der Waals surface area contributed by atoms with Gasteiger partial charge in [-0.05, 0) is 51.8 Å². The summed E-state index contributed by atoms with van der Waals surface area (Å²) >= 11 is 1.18. The number of carbonyl (C=O) groups is 1. The summed E-state index contributed by atoms with van der Waals surface area (Å²) in [6, 6.07) is 7.50. The number of hydrogen-bond donors (Lipinski definition) is 3. The second kappa shape index (κ2) is 7.70. The summed E-state index contributed by atoms with van der Waals surface area (Å²) in [5, 5.41) is 7.74. The summed E-state index contributed by atoms with van der Waals surface area (Å²) < 4.78 is 18.7. The van der Waals surface area contributed by atoms with Gasteiger partial charge in [-0.2, -0.15) is 4.40 Å². The van der Waals surface area contributed by atoms with Gasteiger partial charge in [0.1, 0.15) is 18.2 Å². The van der Waals surface area contributed by atoms with Crippen molar-refractivity contribution in [1.29, 1.82) is 0 Å². The molecule has 10 heteroatoms. The first kappa shape index (κ1) is 20.6. The highest BCUT2D eigenvalue weighted by Gasteiger charge is 2.30. The number of fused-ring (bicyclic) bond motifs is 2. The summed E-state index contributed by atoms with van der Waals surface area (Å²) in [5.41, 5.74) is 9.42. The number of pyridine rings is 1. The molecule has 0 saturated heterocycles. The predicted molar refractivity (Wildman–Crippen MR) is 124 cm³/mol. The first-order chi connectivity index (χ1) is 15.3. The molecule has 0 radical (unpaired) electrons. The van der Waals surface area contributed by atoms with E-state index in [4.69, 9.17) is 15.0 Å². The van der Waals surface area contributed by atoms with Gasteiger partial charge in [0.25, 0.3) is 11.6 Å². The summed E-state index contributed by atoms with van der Waals surface area (Å²) in [5.74, 6) is 1.18. The van der Waals surface area contributed by atoms with Gasteiger partial charge in [0.05, 0.1) is 45.6 Å². The lowest BCUT2D eigenvalue weighted by atomic mass is 10.0. The summed E-state index contributed by atoms with van der Waals surface area (Å²) in [4.78, 5) is 17.9. The van der Waals surface area contributed by atoms with Crippen molar-refractivity contribution < 1.29 is 14.1 Å². The molecule has 1 aromatic carbocycles. The van der Waals surface area contributed by atoms with Crippen LogP contribution < -0.4 is 20.5 Å². The molecule has 0 atom stereocenters. The number of benzene rings is 1. The summed E-state index contributed by atoms with van der Waals surface area (Å²) in [7, 11) is 0. The zero-order valence-corrected chi connectivity index (χ0v) is 18.9. The van der Waals surface area contributed by atoms with Gasteiger partial charge in [0, 0.05) is 11.6 Å². The normalized spacial score (nSPS) is 15.7. The van der Waals surface area contributed by atoms with Crippen LogP contribution in [0.25, 0.3) is 11.1 Å². The van der Waals surface area contributed by atoms with Crippen molar-refractivity contribution in [3.8, 4) is 5.75 Å². The van der Waals surface area contributed by atoms with Crippen LogP contribution in [0.1, 0.15) is 59.9 Å². The minimum Gasteiger partial charge on any atom is -0.490 e. The number of rotatable bonds is 6. The average Bonchev–Trinajstić information content (AvgIpc) is 3.55. The van der Waals surface area contributed by atoms with Crippen molar-refractivity contribution in [3.63, 3.8) is 0 Å². The van der Waals surface area contributed by atoms with Crippen molar-refractivity contribution in [2.45, 2.75) is 45.1 Å². The Morgan fingerprint density at radius 3 is 3.00 bits per heavy atom. The molecule has 0 spiro atoms. The van der Waals surface area contributed by atoms with Crippen molar-refractivity contribution in [2.24, 2.45) is 10.1 Å². The second-order valence-electron chi connectivity index (χ2n) is 8.79. The van der Waals surface area contributed by atoms with Gasteiger partial charge in [-0.15, -0.1) is 0 Å². The number of nitrogens with zero attached hydrogens (tertiary/aromatic N) is 3. The number of aromatic nitrogens is 2. The van der Waals surface area contributed by atoms with E-state index in [-0.39, 0.29) is 12.5 Å². The van der Waals surface area contributed by atoms with Crippen molar-refractivity contribution in [2.75, 3.05) is 11.3 Å². The van der Waals surface area contributed by atoms with Crippen LogP contribution in [0.15, 0.2) is 33.2 Å². The van der Waals surface area contributed by atoms with E-state index >= 15 is 0 Å². The number of anilines is 1. The molecular weight excluding hydrogens is 428 g/mol. The largest absolute Gasteiger partial charge is 0.490 e. The van der Waals surface area contributed by atoms with Gasteiger partial charge >= 0.3 is 0 Å². The van der Waals surface area contributed by atoms with Crippen LogP contribution in [0.2, 0.25) is 0 Å².